The van der Waals surface area contributed by atoms with E-state index >= 15 is 0 Å². The summed E-state index contributed by atoms with van der Waals surface area (Å²) in [5.41, 5.74) is 6.64. The fraction of sp³-hybridized carbons (Fsp3) is 1.00. The highest BCUT2D eigenvalue weighted by Crippen LogP contribution is 2.38. The van der Waals surface area contributed by atoms with E-state index in [1.54, 1.807) is 0 Å². The van der Waals surface area contributed by atoms with Gasteiger partial charge in [0.15, 0.2) is 0 Å². The molecule has 0 radical (unpaired) electrons. The van der Waals surface area contributed by atoms with Crippen molar-refractivity contribution in [1.29, 1.82) is 0 Å². The first kappa shape index (κ1) is 12.0. The van der Waals surface area contributed by atoms with Crippen molar-refractivity contribution in [2.45, 2.75) is 52.5 Å². The van der Waals surface area contributed by atoms with Crippen LogP contribution in [0.15, 0.2) is 0 Å². The first-order valence-electron chi connectivity index (χ1n) is 5.88. The minimum atomic E-state index is 0.256. The Labute approximate surface area is 88.2 Å². The highest BCUT2D eigenvalue weighted by Gasteiger charge is 2.29. The molecule has 0 aliphatic heterocycles. The summed E-state index contributed by atoms with van der Waals surface area (Å²) in [6.07, 6.45) is 5.19. The number of nitrogens with two attached hydrogens (primary N) is 1. The highest BCUT2D eigenvalue weighted by molar-refractivity contribution is 4.83. The van der Waals surface area contributed by atoms with Gasteiger partial charge in [0.2, 0.25) is 0 Å². The molecule has 0 aromatic carbocycles. The molecule has 1 unspecified atom stereocenters. The Hall–Kier alpha value is -0.0800. The smallest absolute Gasteiger partial charge is 0.0620 e. The van der Waals surface area contributed by atoms with Gasteiger partial charge in [0.25, 0.3) is 0 Å². The summed E-state index contributed by atoms with van der Waals surface area (Å²) in [5.74, 6) is 0.689. The van der Waals surface area contributed by atoms with Crippen LogP contribution in [0.25, 0.3) is 0 Å². The van der Waals surface area contributed by atoms with Crippen LogP contribution in [-0.2, 0) is 4.74 Å². The maximum Gasteiger partial charge on any atom is 0.0620 e. The van der Waals surface area contributed by atoms with Gasteiger partial charge in [-0.3, -0.25) is 0 Å². The highest BCUT2D eigenvalue weighted by atomic mass is 16.5. The van der Waals surface area contributed by atoms with Crippen LogP contribution in [0.2, 0.25) is 0 Å². The van der Waals surface area contributed by atoms with E-state index in [4.69, 9.17) is 10.5 Å². The van der Waals surface area contributed by atoms with E-state index in [1.165, 1.54) is 25.7 Å². The summed E-state index contributed by atoms with van der Waals surface area (Å²) in [4.78, 5) is 0. The van der Waals surface area contributed by atoms with Crippen molar-refractivity contribution < 1.29 is 4.74 Å². The monoisotopic (exact) mass is 199 g/mol. The maximum atomic E-state index is 6.10. The van der Waals surface area contributed by atoms with Crippen LogP contribution in [0.5, 0.6) is 0 Å². The van der Waals surface area contributed by atoms with Crippen LogP contribution >= 0.6 is 0 Å². The predicted molar refractivity (Wildman–Crippen MR) is 60.2 cm³/mol. The van der Waals surface area contributed by atoms with Gasteiger partial charge < -0.3 is 10.5 Å². The number of rotatable bonds is 4. The quantitative estimate of drug-likeness (QED) is 0.755. The topological polar surface area (TPSA) is 35.2 Å². The summed E-state index contributed by atoms with van der Waals surface area (Å²) in [6.45, 7) is 8.26. The Kier molecular flexibility index (Phi) is 4.39. The molecule has 2 heteroatoms. The Morgan fingerprint density at radius 1 is 1.36 bits per heavy atom. The lowest BCUT2D eigenvalue weighted by Crippen LogP contribution is -2.38. The number of hydrogen-bond acceptors (Lipinski definition) is 2. The van der Waals surface area contributed by atoms with Gasteiger partial charge in [-0.2, -0.15) is 0 Å². The minimum Gasteiger partial charge on any atom is -0.380 e. The fourth-order valence-corrected chi connectivity index (χ4v) is 2.24. The van der Waals surface area contributed by atoms with Crippen LogP contribution in [0, 0.1) is 11.3 Å². The molecule has 1 atom stereocenters. The summed E-state index contributed by atoms with van der Waals surface area (Å²) in [7, 11) is 0. The second kappa shape index (κ2) is 5.13. The lowest BCUT2D eigenvalue weighted by Gasteiger charge is -2.36. The Balaban J connectivity index is 2.27. The first-order valence-corrected chi connectivity index (χ1v) is 5.88. The fourth-order valence-electron chi connectivity index (χ4n) is 2.24. The molecule has 1 rings (SSSR count). The molecule has 0 amide bonds. The third-order valence-electron chi connectivity index (χ3n) is 3.50. The van der Waals surface area contributed by atoms with Gasteiger partial charge >= 0.3 is 0 Å². The minimum absolute atomic E-state index is 0.256. The molecule has 0 aromatic rings. The van der Waals surface area contributed by atoms with Crippen LogP contribution in [0.4, 0.5) is 0 Å². The van der Waals surface area contributed by atoms with E-state index in [0.29, 0.717) is 11.3 Å². The number of ether oxygens (including phenoxy) is 1. The van der Waals surface area contributed by atoms with Gasteiger partial charge in [0.1, 0.15) is 0 Å². The summed E-state index contributed by atoms with van der Waals surface area (Å²) >= 11 is 0. The molecule has 2 N–H and O–H groups in total. The lowest BCUT2D eigenvalue weighted by atomic mass is 9.71. The van der Waals surface area contributed by atoms with Gasteiger partial charge in [-0.1, -0.05) is 13.8 Å². The molecule has 14 heavy (non-hydrogen) atoms. The van der Waals surface area contributed by atoms with Gasteiger partial charge in [0.05, 0.1) is 6.61 Å². The molecule has 2 nitrogen and oxygen atoms in total. The van der Waals surface area contributed by atoms with Gasteiger partial charge in [-0.05, 0) is 43.9 Å². The molecule has 1 aliphatic rings. The molecular formula is C12H25NO. The van der Waals surface area contributed by atoms with Crippen LogP contribution in [-0.4, -0.2) is 19.3 Å². The average molecular weight is 199 g/mol. The molecule has 0 saturated heterocycles. The summed E-state index contributed by atoms with van der Waals surface area (Å²) in [5, 5.41) is 0. The van der Waals surface area contributed by atoms with Crippen molar-refractivity contribution in [3.63, 3.8) is 0 Å². The maximum absolute atomic E-state index is 6.10. The van der Waals surface area contributed by atoms with Crippen molar-refractivity contribution >= 4 is 0 Å². The molecule has 1 aliphatic carbocycles. The Morgan fingerprint density at radius 2 is 1.93 bits per heavy atom. The normalized spacial score (nSPS) is 24.9. The van der Waals surface area contributed by atoms with Crippen LogP contribution < -0.4 is 5.73 Å². The zero-order valence-electron chi connectivity index (χ0n) is 9.88. The molecule has 0 heterocycles. The van der Waals surface area contributed by atoms with Gasteiger partial charge in [0, 0.05) is 12.6 Å². The van der Waals surface area contributed by atoms with Crippen molar-refractivity contribution in [3.05, 3.63) is 0 Å². The Morgan fingerprint density at radius 3 is 2.43 bits per heavy atom. The molecule has 0 bridgehead atoms. The van der Waals surface area contributed by atoms with Gasteiger partial charge in [-0.15, -0.1) is 0 Å². The first-order chi connectivity index (χ1) is 6.55. The van der Waals surface area contributed by atoms with Crippen molar-refractivity contribution in [1.82, 2.24) is 0 Å². The molecule has 0 spiro atoms. The van der Waals surface area contributed by atoms with Gasteiger partial charge in [-0.25, -0.2) is 0 Å². The largest absolute Gasteiger partial charge is 0.380 e. The second-order valence-electron chi connectivity index (χ2n) is 5.32. The van der Waals surface area contributed by atoms with E-state index in [1.807, 2.05) is 6.92 Å². The molecule has 0 aromatic heterocycles. The zero-order valence-corrected chi connectivity index (χ0v) is 9.88. The molecule has 1 saturated carbocycles. The van der Waals surface area contributed by atoms with Crippen LogP contribution in [0.3, 0.4) is 0 Å². The summed E-state index contributed by atoms with van der Waals surface area (Å²) in [6, 6.07) is 0.256. The van der Waals surface area contributed by atoms with Crippen LogP contribution in [0.1, 0.15) is 46.5 Å². The predicted octanol–water partition coefficient (Wildman–Crippen LogP) is 2.57. The second-order valence-corrected chi connectivity index (χ2v) is 5.32. The van der Waals surface area contributed by atoms with E-state index in [-0.39, 0.29) is 6.04 Å². The Bertz CT molecular complexity index is 158. The van der Waals surface area contributed by atoms with E-state index in [0.717, 1.165) is 13.2 Å². The molecular weight excluding hydrogens is 174 g/mol. The SMILES string of the molecule is CCOCC(N)C1CCC(C)(C)CC1. The average Bonchev–Trinajstić information content (AvgIpc) is 2.14. The standard InChI is InChI=1S/C12H25NO/c1-4-14-9-11(13)10-5-7-12(2,3)8-6-10/h10-11H,4-9,13H2,1-3H3. The summed E-state index contributed by atoms with van der Waals surface area (Å²) < 4.78 is 5.38. The van der Waals surface area contributed by atoms with Crippen molar-refractivity contribution in [3.8, 4) is 0 Å². The third kappa shape index (κ3) is 3.58. The van der Waals surface area contributed by atoms with Crippen molar-refractivity contribution in [2.75, 3.05) is 13.2 Å². The van der Waals surface area contributed by atoms with E-state index in [2.05, 4.69) is 13.8 Å². The lowest BCUT2D eigenvalue weighted by molar-refractivity contribution is 0.0914. The number of hydrogen-bond donors (Lipinski definition) is 1. The van der Waals surface area contributed by atoms with E-state index in [9.17, 15) is 0 Å². The van der Waals surface area contributed by atoms with Crippen molar-refractivity contribution in [2.24, 2.45) is 17.1 Å². The zero-order chi connectivity index (χ0) is 10.6. The molecule has 84 valence electrons. The third-order valence-corrected chi connectivity index (χ3v) is 3.50. The molecule has 1 fully saturated rings. The van der Waals surface area contributed by atoms with E-state index < -0.39 is 0 Å².